The summed E-state index contributed by atoms with van der Waals surface area (Å²) in [5.41, 5.74) is 1.17. The van der Waals surface area contributed by atoms with Crippen LogP contribution in [0.15, 0.2) is 28.8 Å². The molecule has 8 heteroatoms. The number of thiophene rings is 1. The van der Waals surface area contributed by atoms with Crippen LogP contribution in [-0.2, 0) is 0 Å². The second-order valence-corrected chi connectivity index (χ2v) is 7.62. The average molecular weight is 385 g/mol. The van der Waals surface area contributed by atoms with E-state index in [1.54, 1.807) is 32.4 Å². The molecule has 1 aliphatic rings. The topological polar surface area (TPSA) is 86.5 Å². The van der Waals surface area contributed by atoms with Crippen LogP contribution in [0.1, 0.15) is 39.9 Å². The van der Waals surface area contributed by atoms with Gasteiger partial charge in [-0.1, -0.05) is 5.16 Å². The van der Waals surface area contributed by atoms with Gasteiger partial charge in [-0.25, -0.2) is 0 Å². The van der Waals surface area contributed by atoms with Gasteiger partial charge in [-0.3, -0.25) is 4.79 Å². The summed E-state index contributed by atoms with van der Waals surface area (Å²) in [6.45, 7) is 1.94. The van der Waals surface area contributed by atoms with Gasteiger partial charge in [0.15, 0.2) is 0 Å². The summed E-state index contributed by atoms with van der Waals surface area (Å²) in [6.07, 6.45) is 2.22. The van der Waals surface area contributed by atoms with E-state index < -0.39 is 0 Å². The van der Waals surface area contributed by atoms with Crippen molar-refractivity contribution in [3.05, 3.63) is 40.6 Å². The van der Waals surface area contributed by atoms with Crippen molar-refractivity contribution in [2.75, 3.05) is 19.5 Å². The highest BCUT2D eigenvalue weighted by Gasteiger charge is 2.30. The molecule has 1 aromatic carbocycles. The lowest BCUT2D eigenvalue weighted by Gasteiger charge is -2.09. The number of amides is 1. The van der Waals surface area contributed by atoms with Crippen LogP contribution in [-0.4, -0.2) is 30.3 Å². The zero-order valence-electron chi connectivity index (χ0n) is 15.2. The Labute approximate surface area is 160 Å². The van der Waals surface area contributed by atoms with Gasteiger partial charge in [0, 0.05) is 22.4 Å². The number of rotatable bonds is 6. The lowest BCUT2D eigenvalue weighted by Crippen LogP contribution is -2.12. The monoisotopic (exact) mass is 385 g/mol. The summed E-state index contributed by atoms with van der Waals surface area (Å²) in [6, 6.07) is 6.93. The van der Waals surface area contributed by atoms with Crippen LogP contribution in [0, 0.1) is 6.92 Å². The van der Waals surface area contributed by atoms with E-state index in [0.29, 0.717) is 34.7 Å². The summed E-state index contributed by atoms with van der Waals surface area (Å²) < 4.78 is 15.8. The molecule has 2 heterocycles. The molecule has 3 aromatic rings. The second kappa shape index (κ2) is 7.03. The summed E-state index contributed by atoms with van der Waals surface area (Å²) in [7, 11) is 3.10. The number of nitrogens with one attached hydrogen (secondary N) is 1. The number of ether oxygens (including phenoxy) is 2. The van der Waals surface area contributed by atoms with E-state index in [1.807, 2.05) is 13.0 Å². The van der Waals surface area contributed by atoms with Crippen molar-refractivity contribution < 1.29 is 18.8 Å². The minimum Gasteiger partial charge on any atom is -0.497 e. The quantitative estimate of drug-likeness (QED) is 0.682. The van der Waals surface area contributed by atoms with Crippen molar-refractivity contribution in [1.29, 1.82) is 0 Å². The summed E-state index contributed by atoms with van der Waals surface area (Å²) >= 11 is 1.52. The molecular weight excluding hydrogens is 366 g/mol. The van der Waals surface area contributed by atoms with Gasteiger partial charge in [-0.15, -0.1) is 11.3 Å². The lowest BCUT2D eigenvalue weighted by molar-refractivity contribution is 0.102. The molecule has 27 heavy (non-hydrogen) atoms. The standard InChI is InChI=1S/C19H19N3O4S/c1-10-15(9-16(27-10)17-21-19(26-22-17)11-4-5-11)20-18(23)12-6-13(24-2)8-14(7-12)25-3/h6-9,11H,4-5H2,1-3H3,(H,20,23). The normalized spacial score (nSPS) is 13.4. The number of carbonyl (C=O) groups is 1. The van der Waals surface area contributed by atoms with Crippen molar-refractivity contribution in [3.8, 4) is 22.2 Å². The number of anilines is 1. The Bertz CT molecular complexity index is 969. The Morgan fingerprint density at radius 3 is 2.52 bits per heavy atom. The predicted octanol–water partition coefficient (Wildman–Crippen LogP) is 4.25. The van der Waals surface area contributed by atoms with Gasteiger partial charge in [0.05, 0.1) is 24.8 Å². The smallest absolute Gasteiger partial charge is 0.255 e. The fourth-order valence-corrected chi connectivity index (χ4v) is 3.58. The van der Waals surface area contributed by atoms with Gasteiger partial charge >= 0.3 is 0 Å². The molecule has 0 atom stereocenters. The van der Waals surface area contributed by atoms with Crippen LogP contribution in [0.3, 0.4) is 0 Å². The Hall–Kier alpha value is -2.87. The van der Waals surface area contributed by atoms with Gasteiger partial charge in [-0.2, -0.15) is 4.98 Å². The van der Waals surface area contributed by atoms with E-state index in [-0.39, 0.29) is 5.91 Å². The van der Waals surface area contributed by atoms with E-state index >= 15 is 0 Å². The van der Waals surface area contributed by atoms with E-state index in [0.717, 1.165) is 28.3 Å². The predicted molar refractivity (Wildman–Crippen MR) is 102 cm³/mol. The van der Waals surface area contributed by atoms with Gasteiger partial charge in [0.25, 0.3) is 5.91 Å². The third kappa shape index (κ3) is 3.66. The van der Waals surface area contributed by atoms with E-state index in [1.165, 1.54) is 11.3 Å². The second-order valence-electron chi connectivity index (χ2n) is 6.37. The molecule has 0 bridgehead atoms. The molecule has 0 aliphatic heterocycles. The highest BCUT2D eigenvalue weighted by Crippen LogP contribution is 2.40. The summed E-state index contributed by atoms with van der Waals surface area (Å²) in [4.78, 5) is 19.0. The lowest BCUT2D eigenvalue weighted by atomic mass is 10.2. The van der Waals surface area contributed by atoms with Gasteiger partial charge in [0.1, 0.15) is 11.5 Å². The Morgan fingerprint density at radius 2 is 1.89 bits per heavy atom. The first kappa shape index (κ1) is 17.5. The van der Waals surface area contributed by atoms with Crippen LogP contribution in [0.25, 0.3) is 10.7 Å². The molecule has 0 saturated heterocycles. The largest absolute Gasteiger partial charge is 0.497 e. The Balaban J connectivity index is 1.55. The molecule has 0 spiro atoms. The SMILES string of the molecule is COc1cc(OC)cc(C(=O)Nc2cc(-c3noc(C4CC4)n3)sc2C)c1. The van der Waals surface area contributed by atoms with E-state index in [9.17, 15) is 4.79 Å². The fourth-order valence-electron chi connectivity index (χ4n) is 2.68. The van der Waals surface area contributed by atoms with Crippen LogP contribution in [0.4, 0.5) is 5.69 Å². The van der Waals surface area contributed by atoms with Crippen LogP contribution in [0.5, 0.6) is 11.5 Å². The van der Waals surface area contributed by atoms with E-state index in [2.05, 4.69) is 15.5 Å². The highest BCUT2D eigenvalue weighted by molar-refractivity contribution is 7.16. The number of aromatic nitrogens is 2. The maximum Gasteiger partial charge on any atom is 0.255 e. The zero-order chi connectivity index (χ0) is 19.0. The van der Waals surface area contributed by atoms with Gasteiger partial charge in [-0.05, 0) is 38.0 Å². The third-order valence-electron chi connectivity index (χ3n) is 4.37. The Morgan fingerprint density at radius 1 is 1.19 bits per heavy atom. The molecule has 1 N–H and O–H groups in total. The minimum absolute atomic E-state index is 0.244. The molecule has 4 rings (SSSR count). The number of hydrogen-bond acceptors (Lipinski definition) is 7. The van der Waals surface area contributed by atoms with Crippen molar-refractivity contribution in [1.82, 2.24) is 10.1 Å². The number of nitrogens with zero attached hydrogens (tertiary/aromatic N) is 2. The molecule has 2 aromatic heterocycles. The molecule has 0 unspecified atom stereocenters. The van der Waals surface area contributed by atoms with E-state index in [4.69, 9.17) is 14.0 Å². The third-order valence-corrected chi connectivity index (χ3v) is 5.41. The summed E-state index contributed by atoms with van der Waals surface area (Å²) in [5, 5.41) is 7.00. The maximum absolute atomic E-state index is 12.7. The van der Waals surface area contributed by atoms with Gasteiger partial charge < -0.3 is 19.3 Å². The maximum atomic E-state index is 12.7. The van der Waals surface area contributed by atoms with Crippen molar-refractivity contribution in [2.24, 2.45) is 0 Å². The van der Waals surface area contributed by atoms with Crippen molar-refractivity contribution in [3.63, 3.8) is 0 Å². The minimum atomic E-state index is -0.244. The molecule has 1 saturated carbocycles. The van der Waals surface area contributed by atoms with Crippen LogP contribution >= 0.6 is 11.3 Å². The number of hydrogen-bond donors (Lipinski definition) is 1. The summed E-state index contributed by atoms with van der Waals surface area (Å²) in [5.74, 6) is 2.54. The average Bonchev–Trinajstić information content (AvgIpc) is 3.31. The van der Waals surface area contributed by atoms with Gasteiger partial charge in [0.2, 0.25) is 11.7 Å². The van der Waals surface area contributed by atoms with Crippen molar-refractivity contribution in [2.45, 2.75) is 25.7 Å². The van der Waals surface area contributed by atoms with Crippen molar-refractivity contribution >= 4 is 22.9 Å². The highest BCUT2D eigenvalue weighted by atomic mass is 32.1. The van der Waals surface area contributed by atoms with Crippen LogP contribution in [0.2, 0.25) is 0 Å². The number of aryl methyl sites for hydroxylation is 1. The molecule has 7 nitrogen and oxygen atoms in total. The number of methoxy groups -OCH3 is 2. The molecule has 1 fully saturated rings. The number of carbonyl (C=O) groups excluding carboxylic acids is 1. The zero-order valence-corrected chi connectivity index (χ0v) is 16.1. The molecular formula is C19H19N3O4S. The molecule has 140 valence electrons. The first-order valence-electron chi connectivity index (χ1n) is 8.56. The Kier molecular flexibility index (Phi) is 4.57. The molecule has 1 aliphatic carbocycles. The van der Waals surface area contributed by atoms with Crippen LogP contribution < -0.4 is 14.8 Å². The first-order valence-corrected chi connectivity index (χ1v) is 9.38. The molecule has 1 amide bonds. The molecule has 0 radical (unpaired) electrons. The number of benzene rings is 1. The first-order chi connectivity index (χ1) is 13.1. The fraction of sp³-hybridized carbons (Fsp3) is 0.316.